The van der Waals surface area contributed by atoms with Crippen molar-refractivity contribution in [2.45, 2.75) is 38.5 Å². The first-order valence-corrected chi connectivity index (χ1v) is 11.4. The number of carbonyl (C=O) groups excluding carboxylic acids is 2. The van der Waals surface area contributed by atoms with Crippen LogP contribution in [0.4, 0.5) is 0 Å². The van der Waals surface area contributed by atoms with Crippen molar-refractivity contribution in [3.63, 3.8) is 0 Å². The van der Waals surface area contributed by atoms with Crippen molar-refractivity contribution in [1.82, 2.24) is 4.90 Å². The molecule has 34 heavy (non-hydrogen) atoms. The van der Waals surface area contributed by atoms with Crippen molar-refractivity contribution in [3.8, 4) is 0 Å². The van der Waals surface area contributed by atoms with E-state index in [4.69, 9.17) is 4.42 Å². The summed E-state index contributed by atoms with van der Waals surface area (Å²) < 4.78 is 5.94. The van der Waals surface area contributed by atoms with Crippen LogP contribution in [0.25, 0.3) is 11.0 Å². The Morgan fingerprint density at radius 1 is 1.09 bits per heavy atom. The molecular weight excluding hydrogens is 436 g/mol. The molecular formula is C26H24N2O6. The standard InChI is InChI=1S/C26H24N2O6/c29-24-19-6-1-2-7-20(19)25(30)28(24)12-4-5-16(26(31)32)13-21(27-33)15-10-11-18-17-8-3-9-22(17)34-23(18)14-15/h1-2,6-7,10-11,14,16,33H,3-5,8-9,12-13H2,(H,31,32). The predicted octanol–water partition coefficient (Wildman–Crippen LogP) is 4.27. The number of hydrogen-bond acceptors (Lipinski definition) is 6. The largest absolute Gasteiger partial charge is 0.481 e. The Kier molecular flexibility index (Phi) is 5.65. The highest BCUT2D eigenvalue weighted by molar-refractivity contribution is 6.21. The van der Waals surface area contributed by atoms with Gasteiger partial charge in [-0.1, -0.05) is 29.4 Å². The highest BCUT2D eigenvalue weighted by Crippen LogP contribution is 2.33. The lowest BCUT2D eigenvalue weighted by Gasteiger charge is -2.17. The molecule has 2 amide bonds. The highest BCUT2D eigenvalue weighted by Gasteiger charge is 2.35. The Bertz CT molecular complexity index is 1300. The van der Waals surface area contributed by atoms with Gasteiger partial charge in [0.2, 0.25) is 0 Å². The van der Waals surface area contributed by atoms with Crippen LogP contribution < -0.4 is 0 Å². The molecule has 1 aliphatic carbocycles. The molecule has 8 heteroatoms. The van der Waals surface area contributed by atoms with Gasteiger partial charge < -0.3 is 14.7 Å². The second-order valence-corrected chi connectivity index (χ2v) is 8.80. The Labute approximate surface area is 195 Å². The van der Waals surface area contributed by atoms with Gasteiger partial charge in [-0.3, -0.25) is 19.3 Å². The Hall–Kier alpha value is -3.94. The number of rotatable bonds is 8. The van der Waals surface area contributed by atoms with Gasteiger partial charge in [-0.15, -0.1) is 0 Å². The summed E-state index contributed by atoms with van der Waals surface area (Å²) in [6.45, 7) is 0.131. The zero-order valence-corrected chi connectivity index (χ0v) is 18.5. The first-order valence-electron chi connectivity index (χ1n) is 11.4. The maximum atomic E-state index is 12.5. The van der Waals surface area contributed by atoms with E-state index < -0.39 is 11.9 Å². The number of hydrogen-bond donors (Lipinski definition) is 2. The number of imide groups is 1. The third-order valence-corrected chi connectivity index (χ3v) is 6.76. The third-order valence-electron chi connectivity index (χ3n) is 6.76. The molecule has 8 nitrogen and oxygen atoms in total. The topological polar surface area (TPSA) is 120 Å². The molecule has 2 heterocycles. The lowest BCUT2D eigenvalue weighted by atomic mass is 9.93. The quantitative estimate of drug-likeness (QED) is 0.224. The van der Waals surface area contributed by atoms with E-state index in [2.05, 4.69) is 5.16 Å². The number of oxime groups is 1. The lowest BCUT2D eigenvalue weighted by Crippen LogP contribution is -2.31. The molecule has 2 aliphatic rings. The van der Waals surface area contributed by atoms with Gasteiger partial charge in [-0.2, -0.15) is 0 Å². The van der Waals surface area contributed by atoms with Crippen LogP contribution in [0.1, 0.15) is 63.3 Å². The van der Waals surface area contributed by atoms with Crippen LogP contribution >= 0.6 is 0 Å². The minimum Gasteiger partial charge on any atom is -0.481 e. The second kappa shape index (κ2) is 8.78. The van der Waals surface area contributed by atoms with E-state index in [0.717, 1.165) is 35.3 Å². The average molecular weight is 460 g/mol. The van der Waals surface area contributed by atoms with Crippen LogP contribution in [-0.4, -0.2) is 45.3 Å². The van der Waals surface area contributed by atoms with Crippen molar-refractivity contribution >= 4 is 34.5 Å². The van der Waals surface area contributed by atoms with Crippen molar-refractivity contribution in [2.75, 3.05) is 6.54 Å². The van der Waals surface area contributed by atoms with Crippen LogP contribution in [0.2, 0.25) is 0 Å². The van der Waals surface area contributed by atoms with Crippen molar-refractivity contribution < 1.29 is 29.1 Å². The fourth-order valence-electron chi connectivity index (χ4n) is 4.98. The number of aliphatic carboxylic acids is 1. The first-order chi connectivity index (χ1) is 16.5. The summed E-state index contributed by atoms with van der Waals surface area (Å²) >= 11 is 0. The molecule has 0 spiro atoms. The molecule has 2 aromatic carbocycles. The number of amides is 2. The monoisotopic (exact) mass is 460 g/mol. The SMILES string of the molecule is O=C(O)C(CCCN1C(=O)c2ccccc2C1=O)CC(=NO)c1ccc2c3c(oc2c1)CCC3. The van der Waals surface area contributed by atoms with Gasteiger partial charge in [0.05, 0.1) is 22.8 Å². The van der Waals surface area contributed by atoms with E-state index in [-0.39, 0.29) is 36.9 Å². The number of fused-ring (bicyclic) bond motifs is 4. The van der Waals surface area contributed by atoms with Crippen LogP contribution in [0.15, 0.2) is 52.0 Å². The van der Waals surface area contributed by atoms with Gasteiger partial charge in [0, 0.05) is 35.9 Å². The Balaban J connectivity index is 1.25. The minimum atomic E-state index is -1.03. The fraction of sp³-hybridized carbons (Fsp3) is 0.308. The predicted molar refractivity (Wildman–Crippen MR) is 123 cm³/mol. The normalized spacial score (nSPS) is 16.2. The summed E-state index contributed by atoms with van der Waals surface area (Å²) in [4.78, 5) is 38.1. The van der Waals surface area contributed by atoms with Crippen LogP contribution in [0.5, 0.6) is 0 Å². The van der Waals surface area contributed by atoms with Gasteiger partial charge >= 0.3 is 5.97 Å². The molecule has 1 aromatic heterocycles. The summed E-state index contributed by atoms with van der Waals surface area (Å²) in [7, 11) is 0. The van der Waals surface area contributed by atoms with Gasteiger partial charge in [-0.25, -0.2) is 0 Å². The summed E-state index contributed by atoms with van der Waals surface area (Å²) in [6.07, 6.45) is 3.53. The molecule has 1 aliphatic heterocycles. The molecule has 0 bridgehead atoms. The molecule has 0 saturated heterocycles. The fourth-order valence-corrected chi connectivity index (χ4v) is 4.98. The summed E-state index contributed by atoms with van der Waals surface area (Å²) in [5, 5.41) is 23.8. The van der Waals surface area contributed by atoms with Gasteiger partial charge in [-0.05, 0) is 43.9 Å². The number of carboxylic acid groups (broad SMARTS) is 1. The molecule has 0 radical (unpaired) electrons. The molecule has 5 rings (SSSR count). The smallest absolute Gasteiger partial charge is 0.306 e. The maximum absolute atomic E-state index is 12.5. The van der Waals surface area contributed by atoms with Crippen LogP contribution in [0, 0.1) is 5.92 Å². The van der Waals surface area contributed by atoms with Crippen LogP contribution in [0.3, 0.4) is 0 Å². The molecule has 3 aromatic rings. The summed E-state index contributed by atoms with van der Waals surface area (Å²) in [6, 6.07) is 12.2. The van der Waals surface area contributed by atoms with E-state index in [1.165, 1.54) is 5.56 Å². The zero-order chi connectivity index (χ0) is 23.8. The number of benzene rings is 2. The number of carboxylic acids is 1. The summed E-state index contributed by atoms with van der Waals surface area (Å²) in [5.74, 6) is -1.58. The Morgan fingerprint density at radius 2 is 1.82 bits per heavy atom. The van der Waals surface area contributed by atoms with Gasteiger partial charge in [0.1, 0.15) is 11.3 Å². The number of aryl methyl sites for hydroxylation is 2. The lowest BCUT2D eigenvalue weighted by molar-refractivity contribution is -0.141. The molecule has 1 unspecified atom stereocenters. The van der Waals surface area contributed by atoms with Gasteiger partial charge in [0.15, 0.2) is 0 Å². The average Bonchev–Trinajstić information content (AvgIpc) is 3.49. The number of furan rings is 1. The van der Waals surface area contributed by atoms with Crippen molar-refractivity contribution in [3.05, 3.63) is 70.5 Å². The maximum Gasteiger partial charge on any atom is 0.306 e. The van der Waals surface area contributed by atoms with Gasteiger partial charge in [0.25, 0.3) is 11.8 Å². The van der Waals surface area contributed by atoms with Crippen molar-refractivity contribution in [1.29, 1.82) is 0 Å². The van der Waals surface area contributed by atoms with E-state index >= 15 is 0 Å². The molecule has 1 atom stereocenters. The molecule has 2 N–H and O–H groups in total. The third kappa shape index (κ3) is 3.75. The van der Waals surface area contributed by atoms with E-state index in [1.807, 2.05) is 12.1 Å². The second-order valence-electron chi connectivity index (χ2n) is 8.80. The van der Waals surface area contributed by atoms with E-state index in [9.17, 15) is 24.7 Å². The zero-order valence-electron chi connectivity index (χ0n) is 18.5. The first kappa shape index (κ1) is 21.9. The van der Waals surface area contributed by atoms with E-state index in [1.54, 1.807) is 30.3 Å². The molecule has 0 fully saturated rings. The van der Waals surface area contributed by atoms with E-state index in [0.29, 0.717) is 28.7 Å². The minimum absolute atomic E-state index is 0.0138. The van der Waals surface area contributed by atoms with Crippen LogP contribution in [-0.2, 0) is 17.6 Å². The molecule has 174 valence electrons. The summed E-state index contributed by atoms with van der Waals surface area (Å²) in [5.41, 5.74) is 3.54. The number of nitrogens with zero attached hydrogens (tertiary/aromatic N) is 2. The highest BCUT2D eigenvalue weighted by atomic mass is 16.4. The molecule has 0 saturated carbocycles. The number of carbonyl (C=O) groups is 3. The van der Waals surface area contributed by atoms with Crippen molar-refractivity contribution in [2.24, 2.45) is 11.1 Å². The Morgan fingerprint density at radius 3 is 2.50 bits per heavy atom.